The zero-order valence-corrected chi connectivity index (χ0v) is 21.0. The third kappa shape index (κ3) is 5.48. The minimum absolute atomic E-state index is 0.254. The molecule has 0 radical (unpaired) electrons. The lowest BCUT2D eigenvalue weighted by atomic mass is 10.2. The first kappa shape index (κ1) is 23.8. The molecule has 1 fully saturated rings. The highest BCUT2D eigenvalue weighted by Crippen LogP contribution is 2.31. The number of carbonyl (C=O) groups is 1. The molecule has 36 heavy (non-hydrogen) atoms. The van der Waals surface area contributed by atoms with Crippen LogP contribution >= 0.6 is 11.3 Å². The van der Waals surface area contributed by atoms with Gasteiger partial charge in [-0.2, -0.15) is 4.98 Å². The monoisotopic (exact) mass is 499 g/mol. The molecule has 0 saturated carbocycles. The molecule has 8 nitrogen and oxygen atoms in total. The number of rotatable bonds is 8. The van der Waals surface area contributed by atoms with Crippen molar-refractivity contribution < 1.29 is 4.79 Å². The second kappa shape index (κ2) is 10.8. The fourth-order valence-electron chi connectivity index (χ4n) is 4.22. The van der Waals surface area contributed by atoms with Crippen molar-refractivity contribution in [2.75, 3.05) is 53.6 Å². The lowest BCUT2D eigenvalue weighted by Crippen LogP contribution is -2.46. The highest BCUT2D eigenvalue weighted by atomic mass is 32.1. The Hall–Kier alpha value is -3.95. The van der Waals surface area contributed by atoms with Crippen LogP contribution in [-0.4, -0.2) is 53.5 Å². The Balaban J connectivity index is 1.32. The number of anilines is 6. The van der Waals surface area contributed by atoms with Crippen LogP contribution in [0.1, 0.15) is 6.92 Å². The van der Waals surface area contributed by atoms with E-state index in [1.165, 1.54) is 11.8 Å². The summed E-state index contributed by atoms with van der Waals surface area (Å²) < 4.78 is 0.961. The summed E-state index contributed by atoms with van der Waals surface area (Å²) in [5.74, 6) is 0.967. The minimum Gasteiger partial charge on any atom is -0.369 e. The average molecular weight is 500 g/mol. The summed E-state index contributed by atoms with van der Waals surface area (Å²) in [7, 11) is 0. The maximum absolute atomic E-state index is 11.7. The van der Waals surface area contributed by atoms with Crippen molar-refractivity contribution in [3.8, 4) is 0 Å². The molecule has 2 aromatic carbocycles. The normalized spacial score (nSPS) is 14.0. The molecule has 9 heteroatoms. The number of amides is 1. The first-order valence-electron chi connectivity index (χ1n) is 12.0. The van der Waals surface area contributed by atoms with Crippen molar-refractivity contribution in [1.29, 1.82) is 0 Å². The van der Waals surface area contributed by atoms with Crippen molar-refractivity contribution in [1.82, 2.24) is 14.9 Å². The molecule has 3 N–H and O–H groups in total. The van der Waals surface area contributed by atoms with Crippen LogP contribution in [0.4, 0.5) is 34.5 Å². The van der Waals surface area contributed by atoms with Gasteiger partial charge in [-0.1, -0.05) is 19.6 Å². The molecule has 0 unspecified atom stereocenters. The van der Waals surface area contributed by atoms with E-state index in [0.29, 0.717) is 17.5 Å². The third-order valence-electron chi connectivity index (χ3n) is 6.19. The van der Waals surface area contributed by atoms with Gasteiger partial charge in [0.05, 0.1) is 10.2 Å². The van der Waals surface area contributed by atoms with E-state index in [9.17, 15) is 4.79 Å². The number of carbonyl (C=O) groups excluding carboxylic acids is 1. The topological polar surface area (TPSA) is 85.4 Å². The predicted octanol–water partition coefficient (Wildman–Crippen LogP) is 5.44. The quantitative estimate of drug-likeness (QED) is 0.278. The lowest BCUT2D eigenvalue weighted by molar-refractivity contribution is -0.111. The molecule has 2 aromatic heterocycles. The van der Waals surface area contributed by atoms with E-state index < -0.39 is 0 Å². The van der Waals surface area contributed by atoms with Crippen LogP contribution in [0.2, 0.25) is 0 Å². The smallest absolute Gasteiger partial charge is 0.247 e. The second-order valence-corrected chi connectivity index (χ2v) is 9.44. The Morgan fingerprint density at radius 2 is 1.78 bits per heavy atom. The van der Waals surface area contributed by atoms with Crippen LogP contribution in [0.15, 0.2) is 72.6 Å². The van der Waals surface area contributed by atoms with E-state index >= 15 is 0 Å². The summed E-state index contributed by atoms with van der Waals surface area (Å²) in [6, 6.07) is 17.9. The van der Waals surface area contributed by atoms with Gasteiger partial charge in [0.25, 0.3) is 0 Å². The van der Waals surface area contributed by atoms with Gasteiger partial charge in [0.15, 0.2) is 5.82 Å². The Bertz CT molecular complexity index is 1360. The zero-order valence-electron chi connectivity index (χ0n) is 20.2. The van der Waals surface area contributed by atoms with Crippen LogP contribution < -0.4 is 20.9 Å². The molecule has 0 atom stereocenters. The predicted molar refractivity (Wildman–Crippen MR) is 150 cm³/mol. The Morgan fingerprint density at radius 1 is 1.00 bits per heavy atom. The SMILES string of the molecule is C=CC(=O)Nc1cccc(Nc2nc(Nc3ccc(N4CCN(CC)CC4)cc3)nc3ccsc23)c1. The third-order valence-corrected chi connectivity index (χ3v) is 7.10. The molecule has 0 spiro atoms. The Kier molecular flexibility index (Phi) is 7.11. The van der Waals surface area contributed by atoms with Gasteiger partial charge in [0.1, 0.15) is 0 Å². The Morgan fingerprint density at radius 3 is 2.53 bits per heavy atom. The van der Waals surface area contributed by atoms with E-state index in [1.54, 1.807) is 11.3 Å². The van der Waals surface area contributed by atoms with Gasteiger partial charge in [-0.25, -0.2) is 4.98 Å². The van der Waals surface area contributed by atoms with E-state index in [0.717, 1.165) is 54.3 Å². The molecule has 4 aromatic rings. The molecule has 0 bridgehead atoms. The number of benzene rings is 2. The molecule has 3 heterocycles. The fourth-order valence-corrected chi connectivity index (χ4v) is 4.99. The van der Waals surface area contributed by atoms with Crippen molar-refractivity contribution >= 4 is 62.0 Å². The number of nitrogens with zero attached hydrogens (tertiary/aromatic N) is 4. The summed E-state index contributed by atoms with van der Waals surface area (Å²) in [4.78, 5) is 26.0. The van der Waals surface area contributed by atoms with Gasteiger partial charge in [-0.3, -0.25) is 4.79 Å². The molecule has 1 aliphatic rings. The molecular weight excluding hydrogens is 470 g/mol. The van der Waals surface area contributed by atoms with E-state index in [4.69, 9.17) is 9.97 Å². The molecule has 1 amide bonds. The molecular formula is C27H29N7OS. The number of hydrogen-bond donors (Lipinski definition) is 3. The number of nitrogens with one attached hydrogen (secondary N) is 3. The van der Waals surface area contributed by atoms with Gasteiger partial charge < -0.3 is 25.8 Å². The van der Waals surface area contributed by atoms with Crippen LogP contribution in [0.5, 0.6) is 0 Å². The number of aromatic nitrogens is 2. The number of piperazine rings is 1. The largest absolute Gasteiger partial charge is 0.369 e. The van der Waals surface area contributed by atoms with Gasteiger partial charge in [0.2, 0.25) is 11.9 Å². The summed E-state index contributed by atoms with van der Waals surface area (Å²) >= 11 is 1.58. The zero-order chi connectivity index (χ0) is 24.9. The van der Waals surface area contributed by atoms with Gasteiger partial charge >= 0.3 is 0 Å². The van der Waals surface area contributed by atoms with Crippen LogP contribution in [-0.2, 0) is 4.79 Å². The first-order chi connectivity index (χ1) is 17.6. The van der Waals surface area contributed by atoms with Crippen LogP contribution in [0.25, 0.3) is 10.2 Å². The molecule has 0 aliphatic carbocycles. The summed E-state index contributed by atoms with van der Waals surface area (Å²) in [6.07, 6.45) is 1.25. The average Bonchev–Trinajstić information content (AvgIpc) is 3.38. The number of hydrogen-bond acceptors (Lipinski definition) is 8. The first-order valence-corrected chi connectivity index (χ1v) is 12.9. The number of thiophene rings is 1. The minimum atomic E-state index is -0.254. The van der Waals surface area contributed by atoms with E-state index in [-0.39, 0.29) is 5.91 Å². The van der Waals surface area contributed by atoms with Crippen LogP contribution in [0.3, 0.4) is 0 Å². The number of fused-ring (bicyclic) bond motifs is 1. The van der Waals surface area contributed by atoms with E-state index in [2.05, 4.69) is 63.5 Å². The highest BCUT2D eigenvalue weighted by Gasteiger charge is 2.16. The molecule has 5 rings (SSSR count). The molecule has 1 aliphatic heterocycles. The maximum Gasteiger partial charge on any atom is 0.247 e. The highest BCUT2D eigenvalue weighted by molar-refractivity contribution is 7.17. The summed E-state index contributed by atoms with van der Waals surface area (Å²) in [5.41, 5.74) is 4.51. The van der Waals surface area contributed by atoms with Crippen molar-refractivity contribution in [3.63, 3.8) is 0 Å². The molecule has 1 saturated heterocycles. The van der Waals surface area contributed by atoms with Crippen LogP contribution in [0, 0.1) is 0 Å². The van der Waals surface area contributed by atoms with Gasteiger partial charge in [0, 0.05) is 48.9 Å². The van der Waals surface area contributed by atoms with Gasteiger partial charge in [-0.05, 0) is 66.5 Å². The fraction of sp³-hybridized carbons (Fsp3) is 0.222. The maximum atomic E-state index is 11.7. The standard InChI is InChI=1S/C27H29N7OS/c1-3-24(35)28-20-6-5-7-21(18-20)29-26-25-23(12-17-36-25)31-27(32-26)30-19-8-10-22(11-9-19)34-15-13-33(4-2)14-16-34/h3,5-12,17-18H,1,4,13-16H2,2H3,(H,28,35)(H2,29,30,31,32). The number of likely N-dealkylation sites (N-methyl/N-ethyl adjacent to an activating group) is 1. The lowest BCUT2D eigenvalue weighted by Gasteiger charge is -2.35. The van der Waals surface area contributed by atoms with Crippen molar-refractivity contribution in [2.24, 2.45) is 0 Å². The van der Waals surface area contributed by atoms with Crippen molar-refractivity contribution in [3.05, 3.63) is 72.6 Å². The van der Waals surface area contributed by atoms with Crippen molar-refractivity contribution in [2.45, 2.75) is 6.92 Å². The summed E-state index contributed by atoms with van der Waals surface area (Å²) in [5, 5.41) is 11.5. The summed E-state index contributed by atoms with van der Waals surface area (Å²) in [6.45, 7) is 11.1. The Labute approximate surface area is 214 Å². The van der Waals surface area contributed by atoms with E-state index in [1.807, 2.05) is 35.7 Å². The molecule has 184 valence electrons. The second-order valence-electron chi connectivity index (χ2n) is 8.52. The van der Waals surface area contributed by atoms with Gasteiger partial charge in [-0.15, -0.1) is 11.3 Å².